The van der Waals surface area contributed by atoms with E-state index in [-0.39, 0.29) is 24.5 Å². The summed E-state index contributed by atoms with van der Waals surface area (Å²) in [5, 5.41) is 2.85. The molecule has 2 aromatic rings. The predicted molar refractivity (Wildman–Crippen MR) is 92.5 cm³/mol. The molecule has 1 amide bonds. The highest BCUT2D eigenvalue weighted by atomic mass is 16.2. The number of Topliss-reactive ketones (excluding diaryl/α,β-unsaturated/α-hetero) is 1. The highest BCUT2D eigenvalue weighted by Crippen LogP contribution is 2.13. The van der Waals surface area contributed by atoms with Gasteiger partial charge in [-0.1, -0.05) is 42.5 Å². The van der Waals surface area contributed by atoms with Crippen molar-refractivity contribution in [2.24, 2.45) is 0 Å². The quantitative estimate of drug-likeness (QED) is 0.798. The fourth-order valence-electron chi connectivity index (χ4n) is 2.33. The molecule has 4 heteroatoms. The second-order valence-electron chi connectivity index (χ2n) is 5.78. The Labute approximate surface area is 137 Å². The monoisotopic (exact) mass is 310 g/mol. The van der Waals surface area contributed by atoms with Crippen LogP contribution in [0.1, 0.15) is 28.8 Å². The average Bonchev–Trinajstić information content (AvgIpc) is 2.53. The molecular weight excluding hydrogens is 288 g/mol. The van der Waals surface area contributed by atoms with Crippen LogP contribution in [0.3, 0.4) is 0 Å². The van der Waals surface area contributed by atoms with E-state index in [1.54, 1.807) is 12.1 Å². The van der Waals surface area contributed by atoms with Gasteiger partial charge in [0.15, 0.2) is 5.78 Å². The molecule has 0 saturated carbocycles. The van der Waals surface area contributed by atoms with Crippen molar-refractivity contribution in [3.8, 4) is 0 Å². The lowest BCUT2D eigenvalue weighted by molar-refractivity contribution is -0.116. The topological polar surface area (TPSA) is 49.4 Å². The molecule has 0 radical (unpaired) electrons. The lowest BCUT2D eigenvalue weighted by Gasteiger charge is -2.11. The molecule has 2 aromatic carbocycles. The largest absolute Gasteiger partial charge is 0.326 e. The Hall–Kier alpha value is -2.46. The lowest BCUT2D eigenvalue weighted by atomic mass is 10.1. The van der Waals surface area contributed by atoms with Crippen LogP contribution in [0.2, 0.25) is 0 Å². The summed E-state index contributed by atoms with van der Waals surface area (Å²) in [4.78, 5) is 26.1. The van der Waals surface area contributed by atoms with Crippen molar-refractivity contribution in [3.05, 3.63) is 65.7 Å². The van der Waals surface area contributed by atoms with Crippen molar-refractivity contribution in [2.45, 2.75) is 19.4 Å². The van der Waals surface area contributed by atoms with Crippen LogP contribution in [0.25, 0.3) is 0 Å². The van der Waals surface area contributed by atoms with Gasteiger partial charge in [0, 0.05) is 30.6 Å². The number of amides is 1. The first-order chi connectivity index (χ1) is 11.0. The molecule has 23 heavy (non-hydrogen) atoms. The fraction of sp³-hybridized carbons (Fsp3) is 0.263. The number of nitrogens with one attached hydrogen (secondary N) is 1. The van der Waals surface area contributed by atoms with E-state index in [0.717, 1.165) is 17.8 Å². The SMILES string of the molecule is CN(C)Cc1cccc(NC(=O)CCC(=O)c2ccccc2)c1. The second kappa shape index (κ2) is 8.25. The molecule has 2 rings (SSSR count). The Morgan fingerprint density at radius 2 is 1.70 bits per heavy atom. The Balaban J connectivity index is 1.86. The van der Waals surface area contributed by atoms with Gasteiger partial charge in [-0.2, -0.15) is 0 Å². The molecule has 0 unspecified atom stereocenters. The zero-order valence-electron chi connectivity index (χ0n) is 13.6. The summed E-state index contributed by atoms with van der Waals surface area (Å²) in [6, 6.07) is 16.8. The van der Waals surface area contributed by atoms with Crippen molar-refractivity contribution in [1.29, 1.82) is 0 Å². The van der Waals surface area contributed by atoms with Crippen molar-refractivity contribution in [1.82, 2.24) is 4.90 Å². The van der Waals surface area contributed by atoms with Crippen LogP contribution in [0, 0.1) is 0 Å². The van der Waals surface area contributed by atoms with Crippen LogP contribution >= 0.6 is 0 Å². The first-order valence-electron chi connectivity index (χ1n) is 7.66. The van der Waals surface area contributed by atoms with Crippen molar-refractivity contribution < 1.29 is 9.59 Å². The molecule has 0 atom stereocenters. The van der Waals surface area contributed by atoms with Crippen molar-refractivity contribution in [2.75, 3.05) is 19.4 Å². The molecule has 1 N–H and O–H groups in total. The van der Waals surface area contributed by atoms with E-state index in [9.17, 15) is 9.59 Å². The number of carbonyl (C=O) groups is 2. The second-order valence-corrected chi connectivity index (χ2v) is 5.78. The van der Waals surface area contributed by atoms with Gasteiger partial charge in [-0.3, -0.25) is 9.59 Å². The predicted octanol–water partition coefficient (Wildman–Crippen LogP) is 3.35. The van der Waals surface area contributed by atoms with E-state index in [2.05, 4.69) is 10.2 Å². The van der Waals surface area contributed by atoms with Crippen LogP contribution in [0.5, 0.6) is 0 Å². The molecule has 0 saturated heterocycles. The van der Waals surface area contributed by atoms with Gasteiger partial charge in [0.25, 0.3) is 0 Å². The number of nitrogens with zero attached hydrogens (tertiary/aromatic N) is 1. The normalized spacial score (nSPS) is 10.6. The number of hydrogen-bond acceptors (Lipinski definition) is 3. The Morgan fingerprint density at radius 1 is 0.957 bits per heavy atom. The zero-order valence-corrected chi connectivity index (χ0v) is 13.6. The van der Waals surface area contributed by atoms with E-state index in [4.69, 9.17) is 0 Å². The third kappa shape index (κ3) is 5.68. The molecule has 4 nitrogen and oxygen atoms in total. The van der Waals surface area contributed by atoms with Crippen LogP contribution in [0.15, 0.2) is 54.6 Å². The minimum absolute atomic E-state index is 0.0119. The van der Waals surface area contributed by atoms with Gasteiger partial charge in [-0.05, 0) is 31.8 Å². The van der Waals surface area contributed by atoms with Gasteiger partial charge in [0.1, 0.15) is 0 Å². The molecule has 0 heterocycles. The van der Waals surface area contributed by atoms with E-state index in [1.165, 1.54) is 0 Å². The maximum Gasteiger partial charge on any atom is 0.224 e. The van der Waals surface area contributed by atoms with E-state index in [0.29, 0.717) is 5.56 Å². The molecular formula is C19H22N2O2. The highest BCUT2D eigenvalue weighted by molar-refractivity contribution is 5.99. The maximum absolute atomic E-state index is 12.0. The summed E-state index contributed by atoms with van der Waals surface area (Å²) < 4.78 is 0. The molecule has 120 valence electrons. The fourth-order valence-corrected chi connectivity index (χ4v) is 2.33. The first kappa shape index (κ1) is 16.9. The van der Waals surface area contributed by atoms with E-state index >= 15 is 0 Å². The third-order valence-electron chi connectivity index (χ3n) is 3.38. The molecule has 0 fully saturated rings. The summed E-state index contributed by atoms with van der Waals surface area (Å²) in [6.07, 6.45) is 0.402. The maximum atomic E-state index is 12.0. The average molecular weight is 310 g/mol. The summed E-state index contributed by atoms with van der Waals surface area (Å²) in [5.74, 6) is -0.154. The van der Waals surface area contributed by atoms with E-state index < -0.39 is 0 Å². The number of ketones is 1. The number of carbonyl (C=O) groups excluding carboxylic acids is 2. The summed E-state index contributed by atoms with van der Waals surface area (Å²) >= 11 is 0. The number of hydrogen-bond donors (Lipinski definition) is 1. The van der Waals surface area contributed by atoms with Crippen LogP contribution in [-0.2, 0) is 11.3 Å². The first-order valence-corrected chi connectivity index (χ1v) is 7.66. The van der Waals surface area contributed by atoms with Gasteiger partial charge in [0.05, 0.1) is 0 Å². The molecule has 0 spiro atoms. The van der Waals surface area contributed by atoms with E-state index in [1.807, 2.05) is 56.6 Å². The summed E-state index contributed by atoms with van der Waals surface area (Å²) in [5.41, 5.74) is 2.54. The minimum Gasteiger partial charge on any atom is -0.326 e. The molecule has 0 aliphatic rings. The van der Waals surface area contributed by atoms with Crippen molar-refractivity contribution >= 4 is 17.4 Å². The number of benzene rings is 2. The van der Waals surface area contributed by atoms with Crippen LogP contribution < -0.4 is 5.32 Å². The molecule has 0 bridgehead atoms. The smallest absolute Gasteiger partial charge is 0.224 e. The Bertz CT molecular complexity index is 666. The standard InChI is InChI=1S/C19H22N2O2/c1-21(2)14-15-7-6-10-17(13-15)20-19(23)12-11-18(22)16-8-4-3-5-9-16/h3-10,13H,11-12,14H2,1-2H3,(H,20,23). The summed E-state index contributed by atoms with van der Waals surface area (Å²) in [6.45, 7) is 0.816. The van der Waals surface area contributed by atoms with Crippen LogP contribution in [0.4, 0.5) is 5.69 Å². The zero-order chi connectivity index (χ0) is 16.7. The highest BCUT2D eigenvalue weighted by Gasteiger charge is 2.09. The molecule has 0 aliphatic carbocycles. The Kier molecular flexibility index (Phi) is 6.06. The van der Waals surface area contributed by atoms with Gasteiger partial charge in [-0.15, -0.1) is 0 Å². The van der Waals surface area contributed by atoms with Gasteiger partial charge < -0.3 is 10.2 Å². The van der Waals surface area contributed by atoms with Gasteiger partial charge in [-0.25, -0.2) is 0 Å². The molecule has 0 aromatic heterocycles. The third-order valence-corrected chi connectivity index (χ3v) is 3.38. The number of anilines is 1. The van der Waals surface area contributed by atoms with Crippen LogP contribution in [-0.4, -0.2) is 30.7 Å². The number of rotatable bonds is 7. The van der Waals surface area contributed by atoms with Gasteiger partial charge >= 0.3 is 0 Å². The summed E-state index contributed by atoms with van der Waals surface area (Å²) in [7, 11) is 4.00. The van der Waals surface area contributed by atoms with Crippen molar-refractivity contribution in [3.63, 3.8) is 0 Å². The van der Waals surface area contributed by atoms with Gasteiger partial charge in [0.2, 0.25) is 5.91 Å². The minimum atomic E-state index is -0.142. The Morgan fingerprint density at radius 3 is 2.39 bits per heavy atom. The molecule has 0 aliphatic heterocycles. The lowest BCUT2D eigenvalue weighted by Crippen LogP contribution is -2.14.